The van der Waals surface area contributed by atoms with E-state index < -0.39 is 0 Å². The number of aromatic nitrogens is 2. The van der Waals surface area contributed by atoms with Crippen LogP contribution in [0, 0.1) is 20.8 Å². The van der Waals surface area contributed by atoms with Crippen molar-refractivity contribution in [1.82, 2.24) is 9.97 Å². The lowest BCUT2D eigenvalue weighted by Gasteiger charge is -2.10. The van der Waals surface area contributed by atoms with Gasteiger partial charge in [0.1, 0.15) is 0 Å². The van der Waals surface area contributed by atoms with E-state index in [9.17, 15) is 0 Å². The maximum absolute atomic E-state index is 6.23. The van der Waals surface area contributed by atoms with Crippen molar-refractivity contribution in [2.24, 2.45) is 5.73 Å². The van der Waals surface area contributed by atoms with Gasteiger partial charge in [-0.1, -0.05) is 6.07 Å². The molecule has 3 nitrogen and oxygen atoms in total. The minimum absolute atomic E-state index is 0.112. The Morgan fingerprint density at radius 3 is 2.56 bits per heavy atom. The van der Waals surface area contributed by atoms with Crippen LogP contribution in [0.3, 0.4) is 0 Å². The summed E-state index contributed by atoms with van der Waals surface area (Å²) in [5.74, 6) is 0. The van der Waals surface area contributed by atoms with E-state index in [1.165, 1.54) is 0 Å². The molecule has 0 saturated carbocycles. The largest absolute Gasteiger partial charge is 0.320 e. The summed E-state index contributed by atoms with van der Waals surface area (Å²) in [5.41, 5.74) is 9.43. The average molecular weight is 233 g/mol. The third-order valence-electron chi connectivity index (χ3n) is 2.48. The van der Waals surface area contributed by atoms with E-state index >= 15 is 0 Å². The first-order chi connectivity index (χ1) is 7.58. The van der Waals surface area contributed by atoms with Gasteiger partial charge in [0.25, 0.3) is 0 Å². The predicted molar refractivity (Wildman–Crippen MR) is 66.6 cm³/mol. The second-order valence-electron chi connectivity index (χ2n) is 3.96. The highest BCUT2D eigenvalue weighted by molar-refractivity contribution is 7.11. The Bertz CT molecular complexity index is 505. The van der Waals surface area contributed by atoms with Gasteiger partial charge in [-0.2, -0.15) is 0 Å². The van der Waals surface area contributed by atoms with Crippen LogP contribution in [0.5, 0.6) is 0 Å². The molecule has 0 aliphatic rings. The average Bonchev–Trinajstić information content (AvgIpc) is 2.57. The maximum atomic E-state index is 6.23. The van der Waals surface area contributed by atoms with Gasteiger partial charge in [-0.25, -0.2) is 4.98 Å². The van der Waals surface area contributed by atoms with Gasteiger partial charge < -0.3 is 5.73 Å². The molecular weight excluding hydrogens is 218 g/mol. The molecule has 84 valence electrons. The quantitative estimate of drug-likeness (QED) is 0.867. The van der Waals surface area contributed by atoms with E-state index in [1.54, 1.807) is 11.3 Å². The topological polar surface area (TPSA) is 51.8 Å². The second-order valence-corrected chi connectivity index (χ2v) is 5.19. The zero-order valence-electron chi connectivity index (χ0n) is 9.69. The van der Waals surface area contributed by atoms with Crippen molar-refractivity contribution in [3.05, 3.63) is 45.2 Å². The molecule has 1 atom stereocenters. The predicted octanol–water partition coefficient (Wildman–Crippen LogP) is 2.51. The Balaban J connectivity index is 2.38. The molecule has 0 radical (unpaired) electrons. The van der Waals surface area contributed by atoms with Crippen molar-refractivity contribution in [1.29, 1.82) is 0 Å². The molecule has 0 saturated heterocycles. The number of nitrogens with zero attached hydrogens (tertiary/aromatic N) is 2. The number of hydrogen-bond donors (Lipinski definition) is 1. The van der Waals surface area contributed by atoms with Gasteiger partial charge in [0.05, 0.1) is 16.7 Å². The standard InChI is InChI=1S/C12H15N3S/c1-7-4-10(6-14-5-7)11(13)12-8(2)15-9(3)16-12/h4-6,11H,13H2,1-3H3. The molecule has 2 aromatic heterocycles. The number of rotatable bonds is 2. The number of thiazole rings is 1. The summed E-state index contributed by atoms with van der Waals surface area (Å²) in [4.78, 5) is 9.70. The van der Waals surface area contributed by atoms with Crippen LogP contribution in [0.4, 0.5) is 0 Å². The molecule has 0 aromatic carbocycles. The lowest BCUT2D eigenvalue weighted by Crippen LogP contribution is -2.12. The third-order valence-corrected chi connectivity index (χ3v) is 3.63. The zero-order chi connectivity index (χ0) is 11.7. The third kappa shape index (κ3) is 2.13. The molecule has 0 bridgehead atoms. The van der Waals surface area contributed by atoms with Crippen LogP contribution in [0.25, 0.3) is 0 Å². The molecular formula is C12H15N3S. The van der Waals surface area contributed by atoms with Crippen molar-refractivity contribution in [2.45, 2.75) is 26.8 Å². The maximum Gasteiger partial charge on any atom is 0.0900 e. The summed E-state index contributed by atoms with van der Waals surface area (Å²) in [7, 11) is 0. The summed E-state index contributed by atoms with van der Waals surface area (Å²) in [6.45, 7) is 6.03. The molecule has 2 rings (SSSR count). The van der Waals surface area contributed by atoms with E-state index in [4.69, 9.17) is 5.73 Å². The monoisotopic (exact) mass is 233 g/mol. The van der Waals surface area contributed by atoms with Gasteiger partial charge in [-0.15, -0.1) is 11.3 Å². The fourth-order valence-corrected chi connectivity index (χ4v) is 2.69. The Hall–Kier alpha value is -1.26. The summed E-state index contributed by atoms with van der Waals surface area (Å²) in [6, 6.07) is 1.96. The van der Waals surface area contributed by atoms with E-state index in [0.717, 1.165) is 26.7 Å². The van der Waals surface area contributed by atoms with Crippen molar-refractivity contribution in [2.75, 3.05) is 0 Å². The van der Waals surface area contributed by atoms with Crippen molar-refractivity contribution < 1.29 is 0 Å². The molecule has 2 N–H and O–H groups in total. The number of aryl methyl sites for hydroxylation is 3. The fourth-order valence-electron chi connectivity index (χ4n) is 1.74. The summed E-state index contributed by atoms with van der Waals surface area (Å²) < 4.78 is 0. The van der Waals surface area contributed by atoms with Crippen LogP contribution in [-0.4, -0.2) is 9.97 Å². The van der Waals surface area contributed by atoms with Gasteiger partial charge in [0, 0.05) is 17.3 Å². The van der Waals surface area contributed by atoms with Crippen molar-refractivity contribution in [3.8, 4) is 0 Å². The number of hydrogen-bond acceptors (Lipinski definition) is 4. The van der Waals surface area contributed by atoms with E-state index in [2.05, 4.69) is 16.0 Å². The van der Waals surface area contributed by atoms with Crippen LogP contribution in [0.15, 0.2) is 18.5 Å². The lowest BCUT2D eigenvalue weighted by molar-refractivity contribution is 0.866. The minimum atomic E-state index is -0.112. The first kappa shape index (κ1) is 11.2. The van der Waals surface area contributed by atoms with Gasteiger partial charge in [0.2, 0.25) is 0 Å². The lowest BCUT2D eigenvalue weighted by atomic mass is 10.1. The van der Waals surface area contributed by atoms with E-state index in [0.29, 0.717) is 0 Å². The van der Waals surface area contributed by atoms with Crippen LogP contribution >= 0.6 is 11.3 Å². The van der Waals surface area contributed by atoms with E-state index in [1.807, 2.05) is 33.2 Å². The Morgan fingerprint density at radius 2 is 2.00 bits per heavy atom. The SMILES string of the molecule is Cc1cncc(C(N)c2sc(C)nc2C)c1. The molecule has 16 heavy (non-hydrogen) atoms. The molecule has 0 aliphatic heterocycles. The smallest absolute Gasteiger partial charge is 0.0900 e. The molecule has 0 amide bonds. The second kappa shape index (κ2) is 4.31. The molecule has 4 heteroatoms. The Kier molecular flexibility index (Phi) is 3.03. The molecule has 0 aliphatic carbocycles. The molecule has 2 heterocycles. The summed E-state index contributed by atoms with van der Waals surface area (Å²) in [5, 5.41) is 1.06. The molecule has 0 spiro atoms. The highest BCUT2D eigenvalue weighted by Crippen LogP contribution is 2.27. The molecule has 2 aromatic rings. The fraction of sp³-hybridized carbons (Fsp3) is 0.333. The summed E-state index contributed by atoms with van der Waals surface area (Å²) >= 11 is 1.66. The van der Waals surface area contributed by atoms with Gasteiger partial charge >= 0.3 is 0 Å². The highest BCUT2D eigenvalue weighted by Gasteiger charge is 2.15. The van der Waals surface area contributed by atoms with Crippen LogP contribution in [0.2, 0.25) is 0 Å². The van der Waals surface area contributed by atoms with Crippen LogP contribution in [0.1, 0.15) is 32.7 Å². The van der Waals surface area contributed by atoms with Crippen molar-refractivity contribution in [3.63, 3.8) is 0 Å². The molecule has 1 unspecified atom stereocenters. The van der Waals surface area contributed by atoms with E-state index in [-0.39, 0.29) is 6.04 Å². The van der Waals surface area contributed by atoms with Crippen LogP contribution in [-0.2, 0) is 0 Å². The minimum Gasteiger partial charge on any atom is -0.320 e. The molecule has 0 fully saturated rings. The van der Waals surface area contributed by atoms with Gasteiger partial charge in [-0.3, -0.25) is 4.98 Å². The number of pyridine rings is 1. The highest BCUT2D eigenvalue weighted by atomic mass is 32.1. The first-order valence-electron chi connectivity index (χ1n) is 5.19. The number of nitrogens with two attached hydrogens (primary N) is 1. The Labute approximate surface area is 99.4 Å². The first-order valence-corrected chi connectivity index (χ1v) is 6.00. The van der Waals surface area contributed by atoms with Crippen LogP contribution < -0.4 is 5.73 Å². The summed E-state index contributed by atoms with van der Waals surface area (Å²) in [6.07, 6.45) is 3.66. The normalized spacial score (nSPS) is 12.8. The zero-order valence-corrected chi connectivity index (χ0v) is 10.5. The van der Waals surface area contributed by atoms with Gasteiger partial charge in [0.15, 0.2) is 0 Å². The Morgan fingerprint density at radius 1 is 1.25 bits per heavy atom. The van der Waals surface area contributed by atoms with Gasteiger partial charge in [-0.05, 0) is 31.9 Å². The van der Waals surface area contributed by atoms with Crippen molar-refractivity contribution >= 4 is 11.3 Å².